The van der Waals surface area contributed by atoms with E-state index in [0.29, 0.717) is 18.5 Å². The van der Waals surface area contributed by atoms with Gasteiger partial charge in [0.2, 0.25) is 0 Å². The Labute approximate surface area is 168 Å². The fourth-order valence-corrected chi connectivity index (χ4v) is 3.25. The highest BCUT2D eigenvalue weighted by Gasteiger charge is 2.10. The van der Waals surface area contributed by atoms with Crippen molar-refractivity contribution in [3.63, 3.8) is 0 Å². The topological polar surface area (TPSA) is 52.6 Å². The van der Waals surface area contributed by atoms with Gasteiger partial charge in [0.05, 0.1) is 12.2 Å². The van der Waals surface area contributed by atoms with Crippen molar-refractivity contribution in [2.24, 2.45) is 4.99 Å². The Balaban J connectivity index is 0.00000529. The fraction of sp³-hybridized carbons (Fsp3) is 0.765. The van der Waals surface area contributed by atoms with Crippen LogP contribution >= 0.6 is 35.3 Å². The minimum absolute atomic E-state index is 0. The van der Waals surface area contributed by atoms with E-state index in [1.54, 1.807) is 11.3 Å². The molecule has 0 aliphatic heterocycles. The molecule has 0 saturated heterocycles. The average molecular weight is 467 g/mol. The third-order valence-electron chi connectivity index (χ3n) is 3.88. The number of thiazole rings is 1. The van der Waals surface area contributed by atoms with Crippen LogP contribution in [0.4, 0.5) is 0 Å². The van der Waals surface area contributed by atoms with Crippen LogP contribution in [0.1, 0.15) is 58.2 Å². The second-order valence-electron chi connectivity index (χ2n) is 5.97. The summed E-state index contributed by atoms with van der Waals surface area (Å²) in [6.45, 7) is 17.6. The number of likely N-dealkylation sites (N-methyl/N-ethyl adjacent to an activating group) is 1. The Morgan fingerprint density at radius 3 is 2.38 bits per heavy atom. The number of nitrogens with zero attached hydrogens (tertiary/aromatic N) is 3. The smallest absolute Gasteiger partial charge is 0.191 e. The van der Waals surface area contributed by atoms with Crippen molar-refractivity contribution in [1.82, 2.24) is 20.5 Å². The van der Waals surface area contributed by atoms with E-state index in [9.17, 15) is 0 Å². The van der Waals surface area contributed by atoms with Gasteiger partial charge in [-0.15, -0.1) is 35.3 Å². The second kappa shape index (κ2) is 12.9. The largest absolute Gasteiger partial charge is 0.357 e. The van der Waals surface area contributed by atoms with Crippen LogP contribution in [-0.4, -0.2) is 48.1 Å². The maximum Gasteiger partial charge on any atom is 0.191 e. The van der Waals surface area contributed by atoms with Gasteiger partial charge in [0.25, 0.3) is 0 Å². The fourth-order valence-electron chi connectivity index (χ4n) is 2.37. The molecule has 140 valence electrons. The van der Waals surface area contributed by atoms with Crippen LogP contribution in [0.5, 0.6) is 0 Å². The van der Waals surface area contributed by atoms with Gasteiger partial charge in [-0.05, 0) is 32.9 Å². The van der Waals surface area contributed by atoms with Crippen LogP contribution in [0.25, 0.3) is 0 Å². The minimum Gasteiger partial charge on any atom is -0.357 e. The van der Waals surface area contributed by atoms with Gasteiger partial charge in [-0.25, -0.2) is 9.98 Å². The standard InChI is InChI=1S/C17H33N5S.HI/c1-7-18-17(19-10-14(6)22(8-2)9-3)20-11-16-21-15(12-23-16)13(4)5;/h12-14H,7-11H2,1-6H3,(H2,18,19,20);1H. The predicted octanol–water partition coefficient (Wildman–Crippen LogP) is 3.67. The zero-order valence-corrected chi connectivity index (χ0v) is 19.1. The number of hydrogen-bond acceptors (Lipinski definition) is 4. The highest BCUT2D eigenvalue weighted by Crippen LogP contribution is 2.18. The molecule has 0 fully saturated rings. The lowest BCUT2D eigenvalue weighted by molar-refractivity contribution is 0.231. The van der Waals surface area contributed by atoms with Gasteiger partial charge in [-0.1, -0.05) is 27.7 Å². The molecule has 0 aromatic carbocycles. The Hall–Kier alpha value is -0.410. The van der Waals surface area contributed by atoms with Crippen LogP contribution in [0.15, 0.2) is 10.4 Å². The minimum atomic E-state index is 0. The summed E-state index contributed by atoms with van der Waals surface area (Å²) in [4.78, 5) is 11.7. The molecule has 0 radical (unpaired) electrons. The molecular formula is C17H34IN5S. The van der Waals surface area contributed by atoms with Gasteiger partial charge in [0.15, 0.2) is 5.96 Å². The Morgan fingerprint density at radius 2 is 1.88 bits per heavy atom. The lowest BCUT2D eigenvalue weighted by Crippen LogP contribution is -2.45. The summed E-state index contributed by atoms with van der Waals surface area (Å²) < 4.78 is 0. The maximum atomic E-state index is 4.66. The van der Waals surface area contributed by atoms with E-state index in [4.69, 9.17) is 0 Å². The Kier molecular flexibility index (Phi) is 12.7. The first-order valence-corrected chi connectivity index (χ1v) is 9.60. The summed E-state index contributed by atoms with van der Waals surface area (Å²) in [5.74, 6) is 1.35. The number of hydrogen-bond donors (Lipinski definition) is 2. The van der Waals surface area contributed by atoms with Crippen LogP contribution < -0.4 is 10.6 Å². The first-order valence-electron chi connectivity index (χ1n) is 8.72. The molecule has 1 rings (SSSR count). The van der Waals surface area contributed by atoms with Gasteiger partial charge >= 0.3 is 0 Å². The molecule has 5 nitrogen and oxygen atoms in total. The lowest BCUT2D eigenvalue weighted by atomic mass is 10.2. The summed E-state index contributed by atoms with van der Waals surface area (Å²) >= 11 is 1.69. The van der Waals surface area contributed by atoms with Crippen molar-refractivity contribution >= 4 is 41.3 Å². The quantitative estimate of drug-likeness (QED) is 0.331. The van der Waals surface area contributed by atoms with E-state index < -0.39 is 0 Å². The van der Waals surface area contributed by atoms with Gasteiger partial charge < -0.3 is 10.6 Å². The molecule has 7 heteroatoms. The molecule has 0 aliphatic rings. The number of aliphatic imine (C=N–C) groups is 1. The number of nitrogens with one attached hydrogen (secondary N) is 2. The molecule has 0 amide bonds. The van der Waals surface area contributed by atoms with Crippen LogP contribution in [0, 0.1) is 0 Å². The van der Waals surface area contributed by atoms with Crippen LogP contribution in [-0.2, 0) is 6.54 Å². The second-order valence-corrected chi connectivity index (χ2v) is 6.91. The highest BCUT2D eigenvalue weighted by molar-refractivity contribution is 14.0. The first-order chi connectivity index (χ1) is 11.0. The number of halogens is 1. The zero-order chi connectivity index (χ0) is 17.2. The number of rotatable bonds is 9. The third-order valence-corrected chi connectivity index (χ3v) is 4.73. The van der Waals surface area contributed by atoms with Crippen molar-refractivity contribution in [2.45, 2.75) is 60.0 Å². The zero-order valence-electron chi connectivity index (χ0n) is 15.9. The molecule has 1 aromatic rings. The summed E-state index contributed by atoms with van der Waals surface area (Å²) in [5, 5.41) is 9.96. The van der Waals surface area contributed by atoms with E-state index in [-0.39, 0.29) is 24.0 Å². The van der Waals surface area contributed by atoms with Crippen molar-refractivity contribution < 1.29 is 0 Å². The normalized spacial score (nSPS) is 13.1. The predicted molar refractivity (Wildman–Crippen MR) is 117 cm³/mol. The van der Waals surface area contributed by atoms with E-state index in [0.717, 1.165) is 42.8 Å². The summed E-state index contributed by atoms with van der Waals surface area (Å²) in [6, 6.07) is 0.487. The van der Waals surface area contributed by atoms with Gasteiger partial charge in [-0.3, -0.25) is 4.90 Å². The first kappa shape index (κ1) is 23.6. The van der Waals surface area contributed by atoms with E-state index in [1.165, 1.54) is 0 Å². The molecule has 1 aromatic heterocycles. The van der Waals surface area contributed by atoms with Gasteiger partial charge in [0.1, 0.15) is 5.01 Å². The summed E-state index contributed by atoms with van der Waals surface area (Å²) in [5.41, 5.74) is 1.16. The number of aromatic nitrogens is 1. The van der Waals surface area contributed by atoms with Crippen molar-refractivity contribution in [3.8, 4) is 0 Å². The molecular weight excluding hydrogens is 433 g/mol. The Morgan fingerprint density at radius 1 is 1.21 bits per heavy atom. The number of guanidine groups is 1. The lowest BCUT2D eigenvalue weighted by Gasteiger charge is -2.27. The molecule has 2 N–H and O–H groups in total. The van der Waals surface area contributed by atoms with Crippen molar-refractivity contribution in [1.29, 1.82) is 0 Å². The monoisotopic (exact) mass is 467 g/mol. The molecule has 24 heavy (non-hydrogen) atoms. The molecule has 0 spiro atoms. The van der Waals surface area contributed by atoms with Gasteiger partial charge in [-0.2, -0.15) is 0 Å². The molecule has 1 heterocycles. The Bertz CT molecular complexity index is 471. The summed E-state index contributed by atoms with van der Waals surface area (Å²) in [7, 11) is 0. The third kappa shape index (κ3) is 8.11. The summed E-state index contributed by atoms with van der Waals surface area (Å²) in [6.07, 6.45) is 0. The van der Waals surface area contributed by atoms with E-state index >= 15 is 0 Å². The molecule has 0 bridgehead atoms. The van der Waals surface area contributed by atoms with Gasteiger partial charge in [0, 0.05) is 24.5 Å². The van der Waals surface area contributed by atoms with Crippen molar-refractivity contribution in [3.05, 3.63) is 16.1 Å². The molecule has 0 saturated carbocycles. The maximum absolute atomic E-state index is 4.66. The van der Waals surface area contributed by atoms with Crippen molar-refractivity contribution in [2.75, 3.05) is 26.2 Å². The van der Waals surface area contributed by atoms with E-state index in [2.05, 4.69) is 72.4 Å². The highest BCUT2D eigenvalue weighted by atomic mass is 127. The molecule has 1 unspecified atom stereocenters. The SMILES string of the molecule is CCNC(=NCc1nc(C(C)C)cs1)NCC(C)N(CC)CC.I. The molecule has 1 atom stereocenters. The van der Waals surface area contributed by atoms with E-state index in [1.807, 2.05) is 0 Å². The average Bonchev–Trinajstić information content (AvgIpc) is 3.00. The van der Waals surface area contributed by atoms with Crippen LogP contribution in [0.3, 0.4) is 0 Å². The van der Waals surface area contributed by atoms with Crippen LogP contribution in [0.2, 0.25) is 0 Å². The molecule has 0 aliphatic carbocycles.